The molecule has 0 radical (unpaired) electrons. The van der Waals surface area contributed by atoms with Gasteiger partial charge in [0.15, 0.2) is 5.60 Å². The van der Waals surface area contributed by atoms with Crippen LogP contribution in [0.4, 0.5) is 18.9 Å². The van der Waals surface area contributed by atoms with Crippen LogP contribution in [-0.2, 0) is 0 Å². The van der Waals surface area contributed by atoms with Crippen molar-refractivity contribution in [2.45, 2.75) is 32.0 Å². The molecule has 5 heteroatoms. The van der Waals surface area contributed by atoms with Gasteiger partial charge >= 0.3 is 6.18 Å². The number of alkyl halides is 3. The van der Waals surface area contributed by atoms with Crippen LogP contribution in [0.15, 0.2) is 35.3 Å². The van der Waals surface area contributed by atoms with Gasteiger partial charge in [-0.25, -0.2) is 0 Å². The number of hydrogen-bond acceptors (Lipinski definition) is 2. The molecule has 0 aromatic heterocycles. The smallest absolute Gasteiger partial charge is 0.380 e. The van der Waals surface area contributed by atoms with Crippen LogP contribution in [-0.4, -0.2) is 22.6 Å². The highest BCUT2D eigenvalue weighted by molar-refractivity contribution is 5.85. The van der Waals surface area contributed by atoms with Gasteiger partial charge in [-0.3, -0.25) is 4.99 Å². The summed E-state index contributed by atoms with van der Waals surface area (Å²) < 4.78 is 37.3. The lowest BCUT2D eigenvalue weighted by atomic mass is 9.99. The molecule has 0 aliphatic heterocycles. The fraction of sp³-hybridized carbons (Fsp3) is 0.417. The fourth-order valence-electron chi connectivity index (χ4n) is 1.36. The van der Waals surface area contributed by atoms with Crippen molar-refractivity contribution < 1.29 is 18.3 Å². The molecule has 0 heterocycles. The summed E-state index contributed by atoms with van der Waals surface area (Å²) in [6.45, 7) is 2.21. The number of nitrogens with zero attached hydrogens (tertiary/aromatic N) is 1. The first-order valence-electron chi connectivity index (χ1n) is 5.11. The van der Waals surface area contributed by atoms with E-state index in [1.165, 1.54) is 6.92 Å². The second kappa shape index (κ2) is 4.87. The van der Waals surface area contributed by atoms with Gasteiger partial charge in [0.1, 0.15) is 0 Å². The van der Waals surface area contributed by atoms with Crippen LogP contribution in [0.3, 0.4) is 0 Å². The highest BCUT2D eigenvalue weighted by atomic mass is 19.4. The third-order valence-corrected chi connectivity index (χ3v) is 2.29. The van der Waals surface area contributed by atoms with Crippen LogP contribution in [0.1, 0.15) is 20.3 Å². The molecule has 0 amide bonds. The maximum atomic E-state index is 12.4. The predicted molar refractivity (Wildman–Crippen MR) is 60.5 cm³/mol. The predicted octanol–water partition coefficient (Wildman–Crippen LogP) is 3.48. The van der Waals surface area contributed by atoms with Gasteiger partial charge in [0, 0.05) is 12.1 Å². The van der Waals surface area contributed by atoms with Crippen molar-refractivity contribution in [3.05, 3.63) is 30.3 Å². The molecule has 1 atom stereocenters. The molecule has 0 saturated carbocycles. The van der Waals surface area contributed by atoms with E-state index in [1.54, 1.807) is 30.3 Å². The van der Waals surface area contributed by atoms with Crippen molar-refractivity contribution in [3.8, 4) is 0 Å². The summed E-state index contributed by atoms with van der Waals surface area (Å²) >= 11 is 0. The van der Waals surface area contributed by atoms with Crippen LogP contribution in [0.5, 0.6) is 0 Å². The van der Waals surface area contributed by atoms with E-state index in [-0.39, 0.29) is 5.71 Å². The second-order valence-corrected chi connectivity index (χ2v) is 4.13. The number of halogens is 3. The van der Waals surface area contributed by atoms with Crippen molar-refractivity contribution in [1.29, 1.82) is 0 Å². The lowest BCUT2D eigenvalue weighted by molar-refractivity contribution is -0.249. The normalized spacial score (nSPS) is 16.7. The Morgan fingerprint density at radius 1 is 1.24 bits per heavy atom. The fourth-order valence-corrected chi connectivity index (χ4v) is 1.36. The lowest BCUT2D eigenvalue weighted by Crippen LogP contribution is -2.43. The van der Waals surface area contributed by atoms with Gasteiger partial charge in [0.05, 0.1) is 5.69 Å². The standard InChI is InChI=1S/C12H14F3NO/c1-9(8-11(2,17)12(13,14)15)16-10-6-4-3-5-7-10/h3-7,17H,8H2,1-2H3. The van der Waals surface area contributed by atoms with E-state index >= 15 is 0 Å². The highest BCUT2D eigenvalue weighted by Gasteiger charge is 2.49. The van der Waals surface area contributed by atoms with E-state index in [4.69, 9.17) is 0 Å². The molecular formula is C12H14F3NO. The van der Waals surface area contributed by atoms with Crippen molar-refractivity contribution in [3.63, 3.8) is 0 Å². The Labute approximate surface area is 97.8 Å². The summed E-state index contributed by atoms with van der Waals surface area (Å²) in [4.78, 5) is 4.01. The number of aliphatic hydroxyl groups is 1. The van der Waals surface area contributed by atoms with E-state index in [2.05, 4.69) is 4.99 Å². The Balaban J connectivity index is 2.80. The van der Waals surface area contributed by atoms with E-state index in [0.29, 0.717) is 5.69 Å². The molecular weight excluding hydrogens is 231 g/mol. The van der Waals surface area contributed by atoms with Crippen LogP contribution in [0.2, 0.25) is 0 Å². The maximum absolute atomic E-state index is 12.4. The third kappa shape index (κ3) is 3.85. The molecule has 1 N–H and O–H groups in total. The largest absolute Gasteiger partial charge is 0.417 e. The molecule has 1 rings (SSSR count). The van der Waals surface area contributed by atoms with E-state index < -0.39 is 18.2 Å². The Morgan fingerprint density at radius 2 is 1.76 bits per heavy atom. The molecule has 1 aromatic rings. The zero-order valence-corrected chi connectivity index (χ0v) is 9.62. The summed E-state index contributed by atoms with van der Waals surface area (Å²) in [6.07, 6.45) is -5.19. The second-order valence-electron chi connectivity index (χ2n) is 4.13. The zero-order chi connectivity index (χ0) is 13.1. The first kappa shape index (κ1) is 13.7. The topological polar surface area (TPSA) is 32.6 Å². The van der Waals surface area contributed by atoms with Gasteiger partial charge in [-0.2, -0.15) is 13.2 Å². The number of rotatable bonds is 3. The molecule has 17 heavy (non-hydrogen) atoms. The van der Waals surface area contributed by atoms with E-state index in [1.807, 2.05) is 0 Å². The quantitative estimate of drug-likeness (QED) is 0.812. The van der Waals surface area contributed by atoms with Crippen molar-refractivity contribution in [2.75, 3.05) is 0 Å². The molecule has 2 nitrogen and oxygen atoms in total. The van der Waals surface area contributed by atoms with Crippen LogP contribution < -0.4 is 0 Å². The SMILES string of the molecule is CC(CC(C)(O)C(F)(F)F)=Nc1ccccc1. The summed E-state index contributed by atoms with van der Waals surface area (Å²) in [5.41, 5.74) is -1.93. The van der Waals surface area contributed by atoms with Crippen molar-refractivity contribution >= 4 is 11.4 Å². The van der Waals surface area contributed by atoms with Crippen LogP contribution in [0.25, 0.3) is 0 Å². The third-order valence-electron chi connectivity index (χ3n) is 2.29. The van der Waals surface area contributed by atoms with Gasteiger partial charge in [-0.15, -0.1) is 0 Å². The lowest BCUT2D eigenvalue weighted by Gasteiger charge is -2.25. The molecule has 0 aliphatic rings. The van der Waals surface area contributed by atoms with Gasteiger partial charge in [0.2, 0.25) is 0 Å². The number of aliphatic imine (C=N–C) groups is 1. The summed E-state index contributed by atoms with van der Waals surface area (Å²) in [5, 5.41) is 9.29. The minimum absolute atomic E-state index is 0.235. The number of hydrogen-bond donors (Lipinski definition) is 1. The van der Waals surface area contributed by atoms with Crippen molar-refractivity contribution in [1.82, 2.24) is 0 Å². The Morgan fingerprint density at radius 3 is 2.24 bits per heavy atom. The van der Waals surface area contributed by atoms with E-state index in [0.717, 1.165) is 6.92 Å². The highest BCUT2D eigenvalue weighted by Crippen LogP contribution is 2.33. The minimum atomic E-state index is -4.65. The molecule has 1 aromatic carbocycles. The summed E-state index contributed by atoms with van der Waals surface area (Å²) in [6, 6.07) is 8.65. The molecule has 0 bridgehead atoms. The first-order chi connectivity index (χ1) is 7.72. The molecule has 1 unspecified atom stereocenters. The molecule has 0 aliphatic carbocycles. The summed E-state index contributed by atoms with van der Waals surface area (Å²) in [5.74, 6) is 0. The average molecular weight is 245 g/mol. The van der Waals surface area contributed by atoms with Crippen LogP contribution in [0, 0.1) is 0 Å². The van der Waals surface area contributed by atoms with E-state index in [9.17, 15) is 18.3 Å². The maximum Gasteiger partial charge on any atom is 0.417 e. The molecule has 94 valence electrons. The Kier molecular flexibility index (Phi) is 3.93. The molecule has 0 fully saturated rings. The molecule has 0 spiro atoms. The first-order valence-corrected chi connectivity index (χ1v) is 5.11. The Bertz CT molecular complexity index is 396. The monoisotopic (exact) mass is 245 g/mol. The minimum Gasteiger partial charge on any atom is -0.380 e. The van der Waals surface area contributed by atoms with Gasteiger partial charge in [0.25, 0.3) is 0 Å². The van der Waals surface area contributed by atoms with Gasteiger partial charge in [-0.05, 0) is 26.0 Å². The van der Waals surface area contributed by atoms with Crippen LogP contribution >= 0.6 is 0 Å². The molecule has 0 saturated heterocycles. The number of para-hydroxylation sites is 1. The summed E-state index contributed by atoms with van der Waals surface area (Å²) in [7, 11) is 0. The van der Waals surface area contributed by atoms with Crippen molar-refractivity contribution in [2.24, 2.45) is 4.99 Å². The zero-order valence-electron chi connectivity index (χ0n) is 9.62. The van der Waals surface area contributed by atoms with Gasteiger partial charge < -0.3 is 5.11 Å². The Hall–Kier alpha value is -1.36. The number of benzene rings is 1. The average Bonchev–Trinajstić information content (AvgIpc) is 2.16. The van der Waals surface area contributed by atoms with Gasteiger partial charge in [-0.1, -0.05) is 18.2 Å².